The number of esters is 2. The lowest BCUT2D eigenvalue weighted by molar-refractivity contribution is -0.605. The molecule has 0 unspecified atom stereocenters. The van der Waals surface area contributed by atoms with Crippen molar-refractivity contribution < 1.29 is 50.5 Å². The first kappa shape index (κ1) is 37.9. The van der Waals surface area contributed by atoms with Gasteiger partial charge in [-0.2, -0.15) is 13.5 Å². The highest BCUT2D eigenvalue weighted by Crippen LogP contribution is 2.38. The minimum absolute atomic E-state index is 0.0354. The van der Waals surface area contributed by atoms with E-state index >= 15 is 0 Å². The fraction of sp³-hybridized carbons (Fsp3) is 0.424. The van der Waals surface area contributed by atoms with Crippen molar-refractivity contribution in [3.63, 3.8) is 0 Å². The Bertz CT molecular complexity index is 1730. The van der Waals surface area contributed by atoms with E-state index in [1.807, 2.05) is 0 Å². The monoisotopic (exact) mass is 744 g/mol. The number of halogens is 4. The molecule has 16 heteroatoms. The number of ether oxygens (including phenoxy) is 4. The molecule has 0 radical (unpaired) electrons. The van der Waals surface area contributed by atoms with Gasteiger partial charge in [0.05, 0.1) is 6.61 Å². The molecule has 0 amide bonds. The van der Waals surface area contributed by atoms with Crippen LogP contribution in [0.1, 0.15) is 62.8 Å². The zero-order chi connectivity index (χ0) is 35.9. The van der Waals surface area contributed by atoms with E-state index < -0.39 is 46.0 Å². The van der Waals surface area contributed by atoms with Gasteiger partial charge in [-0.05, 0) is 81.3 Å². The van der Waals surface area contributed by atoms with Crippen LogP contribution in [-0.2, 0) is 41.9 Å². The molecule has 0 saturated heterocycles. The molecule has 1 aliphatic rings. The Labute approximate surface area is 293 Å². The number of pyridine rings is 1. The third-order valence-electron chi connectivity index (χ3n) is 7.02. The first-order valence-corrected chi connectivity index (χ1v) is 17.7. The summed E-state index contributed by atoms with van der Waals surface area (Å²) in [5, 5.41) is 11.9. The Balaban J connectivity index is 1.46. The first-order valence-electron chi connectivity index (χ1n) is 15.3. The number of carbonyl (C=O) groups is 2. The number of nitrogens with zero attached hydrogens (tertiary/aromatic N) is 1. The largest absolute Gasteiger partial charge is 0.619 e. The van der Waals surface area contributed by atoms with E-state index in [1.165, 1.54) is 30.3 Å². The molecule has 1 saturated carbocycles. The Hall–Kier alpha value is -3.88. The third kappa shape index (κ3) is 12.5. The lowest BCUT2D eigenvalue weighted by Crippen LogP contribution is -2.30. The van der Waals surface area contributed by atoms with Crippen LogP contribution in [0.4, 0.5) is 14.5 Å². The molecule has 0 bridgehead atoms. The molecule has 0 spiro atoms. The SMILES string of the molecule is CC(C)(C)OC(=O)CS(=O)(=O)Nc1ccc(CCC(=O)O[C@@H](Cc2c(Cl)c[n+]([O-])cc2Cl)c2ccc(OC(F)F)c(OCC3CC3)c2)cc1. The molecule has 3 aromatic rings. The second-order valence-corrected chi connectivity index (χ2v) is 15.0. The van der Waals surface area contributed by atoms with Crippen molar-refractivity contribution in [2.24, 2.45) is 5.92 Å². The topological polar surface area (TPSA) is 144 Å². The van der Waals surface area contributed by atoms with Gasteiger partial charge in [-0.15, -0.1) is 0 Å². The highest BCUT2D eigenvalue weighted by atomic mass is 35.5. The molecule has 2 aromatic carbocycles. The van der Waals surface area contributed by atoms with Crippen LogP contribution < -0.4 is 18.9 Å². The van der Waals surface area contributed by atoms with Gasteiger partial charge in [0.1, 0.15) is 21.8 Å². The summed E-state index contributed by atoms with van der Waals surface area (Å²) < 4.78 is 75.2. The summed E-state index contributed by atoms with van der Waals surface area (Å²) in [6.07, 6.45) is 3.18. The molecular formula is C33H36Cl2F2N2O9S. The Kier molecular flexibility index (Phi) is 12.6. The Morgan fingerprint density at radius 1 is 1.02 bits per heavy atom. The smallest absolute Gasteiger partial charge is 0.387 e. The summed E-state index contributed by atoms with van der Waals surface area (Å²) in [5.74, 6) is -2.19. The van der Waals surface area contributed by atoms with E-state index in [9.17, 15) is 32.0 Å². The standard InChI is InChI=1S/C33H36Cl2F2N2O9S/c1-33(2,3)48-31(41)19-49(43,44)38-23-10-6-20(7-11-23)8-13-30(40)46-28(15-24-25(34)16-39(42)17-26(24)35)22-9-12-27(47-32(36)37)29(14-22)45-18-21-4-5-21/h6-7,9-12,14,16-17,21,28,32,38H,4-5,8,13,15,18-19H2,1-3H3/t28-/m0/s1. The van der Waals surface area contributed by atoms with Gasteiger partial charge in [-0.3, -0.25) is 14.3 Å². The van der Waals surface area contributed by atoms with Crippen molar-refractivity contribution in [1.82, 2.24) is 0 Å². The fourth-order valence-electron chi connectivity index (χ4n) is 4.61. The highest BCUT2D eigenvalue weighted by molar-refractivity contribution is 7.93. The lowest BCUT2D eigenvalue weighted by atomic mass is 10.0. The van der Waals surface area contributed by atoms with Gasteiger partial charge in [0.25, 0.3) is 0 Å². The number of sulfonamides is 1. The maximum atomic E-state index is 13.2. The number of alkyl halides is 2. The van der Waals surface area contributed by atoms with Crippen LogP contribution in [-0.4, -0.2) is 44.9 Å². The number of nitrogens with one attached hydrogen (secondary N) is 1. The maximum Gasteiger partial charge on any atom is 0.387 e. The van der Waals surface area contributed by atoms with E-state index in [1.54, 1.807) is 32.9 Å². The summed E-state index contributed by atoms with van der Waals surface area (Å²) in [7, 11) is -4.03. The predicted molar refractivity (Wildman–Crippen MR) is 177 cm³/mol. The van der Waals surface area contributed by atoms with Gasteiger partial charge in [0, 0.05) is 24.1 Å². The van der Waals surface area contributed by atoms with Gasteiger partial charge in [-0.1, -0.05) is 41.4 Å². The summed E-state index contributed by atoms with van der Waals surface area (Å²) in [6, 6.07) is 10.4. The van der Waals surface area contributed by atoms with Gasteiger partial charge >= 0.3 is 18.6 Å². The summed E-state index contributed by atoms with van der Waals surface area (Å²) >= 11 is 12.6. The molecule has 4 rings (SSSR count). The van der Waals surface area contributed by atoms with Crippen LogP contribution >= 0.6 is 23.2 Å². The van der Waals surface area contributed by atoms with Crippen LogP contribution in [0.3, 0.4) is 0 Å². The number of hydrogen-bond donors (Lipinski definition) is 1. The average molecular weight is 746 g/mol. The van der Waals surface area contributed by atoms with Gasteiger partial charge in [0.15, 0.2) is 29.6 Å². The fourth-order valence-corrected chi connectivity index (χ4v) is 6.14. The van der Waals surface area contributed by atoms with E-state index in [-0.39, 0.29) is 46.5 Å². The highest BCUT2D eigenvalue weighted by Gasteiger charge is 2.27. The van der Waals surface area contributed by atoms with Gasteiger partial charge in [-0.25, -0.2) is 8.42 Å². The van der Waals surface area contributed by atoms with Crippen molar-refractivity contribution in [1.29, 1.82) is 0 Å². The number of anilines is 1. The van der Waals surface area contributed by atoms with Crippen molar-refractivity contribution >= 4 is 50.9 Å². The third-order valence-corrected chi connectivity index (χ3v) is 8.83. The Morgan fingerprint density at radius 3 is 2.27 bits per heavy atom. The zero-order valence-corrected chi connectivity index (χ0v) is 29.2. The number of carbonyl (C=O) groups excluding carboxylic acids is 2. The molecule has 1 heterocycles. The zero-order valence-electron chi connectivity index (χ0n) is 26.9. The molecule has 0 aliphatic heterocycles. The molecule has 1 fully saturated rings. The van der Waals surface area contributed by atoms with Crippen molar-refractivity contribution in [2.75, 3.05) is 17.1 Å². The van der Waals surface area contributed by atoms with E-state index in [0.29, 0.717) is 33.9 Å². The second-order valence-electron chi connectivity index (χ2n) is 12.5. The quantitative estimate of drug-likeness (QED) is 0.0980. The minimum Gasteiger partial charge on any atom is -0.619 e. The van der Waals surface area contributed by atoms with E-state index in [4.69, 9.17) is 37.4 Å². The molecule has 49 heavy (non-hydrogen) atoms. The molecule has 266 valence electrons. The Morgan fingerprint density at radius 2 is 1.67 bits per heavy atom. The first-order chi connectivity index (χ1) is 23.0. The van der Waals surface area contributed by atoms with E-state index in [2.05, 4.69) is 9.46 Å². The number of benzene rings is 2. The number of hydrogen-bond acceptors (Lipinski definition) is 9. The second kappa shape index (κ2) is 16.2. The van der Waals surface area contributed by atoms with Crippen molar-refractivity contribution in [3.8, 4) is 11.5 Å². The van der Waals surface area contributed by atoms with Crippen LogP contribution in [0.5, 0.6) is 11.5 Å². The summed E-state index contributed by atoms with van der Waals surface area (Å²) in [5.41, 5.74) is 0.772. The van der Waals surface area contributed by atoms with Crippen LogP contribution in [0.25, 0.3) is 0 Å². The van der Waals surface area contributed by atoms with Crippen LogP contribution in [0.2, 0.25) is 10.0 Å². The molecule has 11 nitrogen and oxygen atoms in total. The molecule has 1 atom stereocenters. The predicted octanol–water partition coefficient (Wildman–Crippen LogP) is 6.56. The van der Waals surface area contributed by atoms with Crippen molar-refractivity contribution in [2.45, 2.75) is 71.2 Å². The normalized spacial score (nSPS) is 13.9. The average Bonchev–Trinajstić information content (AvgIpc) is 3.80. The van der Waals surface area contributed by atoms with Crippen molar-refractivity contribution in [3.05, 3.63) is 86.8 Å². The summed E-state index contributed by atoms with van der Waals surface area (Å²) in [6.45, 7) is 2.10. The van der Waals surface area contributed by atoms with Crippen LogP contribution in [0.15, 0.2) is 54.9 Å². The molecule has 1 aliphatic carbocycles. The van der Waals surface area contributed by atoms with Gasteiger partial charge < -0.3 is 24.2 Å². The molecular weight excluding hydrogens is 709 g/mol. The number of aromatic nitrogens is 1. The summed E-state index contributed by atoms with van der Waals surface area (Å²) in [4.78, 5) is 25.1. The lowest BCUT2D eigenvalue weighted by Gasteiger charge is -2.21. The number of rotatable bonds is 16. The maximum absolute atomic E-state index is 13.2. The minimum atomic E-state index is -4.03. The molecule has 1 N–H and O–H groups in total. The van der Waals surface area contributed by atoms with Crippen LogP contribution in [0, 0.1) is 11.1 Å². The van der Waals surface area contributed by atoms with Gasteiger partial charge in [0.2, 0.25) is 10.0 Å². The number of aryl methyl sites for hydroxylation is 1. The van der Waals surface area contributed by atoms with E-state index in [0.717, 1.165) is 25.2 Å². The molecule has 1 aromatic heterocycles.